The highest BCUT2D eigenvalue weighted by Crippen LogP contribution is 2.46. The van der Waals surface area contributed by atoms with Crippen LogP contribution in [0.4, 0.5) is 13.2 Å². The second-order valence-corrected chi connectivity index (χ2v) is 7.32. The Morgan fingerprint density at radius 3 is 2.39 bits per heavy atom. The van der Waals surface area contributed by atoms with Crippen molar-refractivity contribution in [2.45, 2.75) is 50.9 Å². The summed E-state index contributed by atoms with van der Waals surface area (Å²) in [4.78, 5) is 16.4. The van der Waals surface area contributed by atoms with Gasteiger partial charge in [0.05, 0.1) is 6.04 Å². The first-order valence-electron chi connectivity index (χ1n) is 8.66. The van der Waals surface area contributed by atoms with Gasteiger partial charge in [-0.1, -0.05) is 6.42 Å². The van der Waals surface area contributed by atoms with Gasteiger partial charge in [0.25, 0.3) is 0 Å². The van der Waals surface area contributed by atoms with Crippen molar-refractivity contribution in [2.75, 3.05) is 32.7 Å². The fourth-order valence-electron chi connectivity index (χ4n) is 4.62. The molecule has 1 saturated heterocycles. The summed E-state index contributed by atoms with van der Waals surface area (Å²) >= 11 is 0. The van der Waals surface area contributed by atoms with Crippen molar-refractivity contribution in [1.82, 2.24) is 15.1 Å². The molecule has 2 saturated carbocycles. The summed E-state index contributed by atoms with van der Waals surface area (Å²) in [5, 5.41) is 1.99. The molecular weight excluding hydrogens is 307 g/mol. The van der Waals surface area contributed by atoms with Gasteiger partial charge in [0.2, 0.25) is 5.91 Å². The zero-order chi connectivity index (χ0) is 16.6. The molecule has 0 aromatic heterocycles. The molecule has 3 fully saturated rings. The van der Waals surface area contributed by atoms with Gasteiger partial charge in [0.15, 0.2) is 0 Å². The maximum Gasteiger partial charge on any atom is 0.405 e. The second kappa shape index (κ2) is 6.59. The van der Waals surface area contributed by atoms with Gasteiger partial charge in [-0.2, -0.15) is 13.2 Å². The van der Waals surface area contributed by atoms with E-state index in [-0.39, 0.29) is 0 Å². The first kappa shape index (κ1) is 17.0. The van der Waals surface area contributed by atoms with Gasteiger partial charge in [-0.25, -0.2) is 0 Å². The van der Waals surface area contributed by atoms with E-state index in [4.69, 9.17) is 0 Å². The Morgan fingerprint density at radius 2 is 1.87 bits per heavy atom. The maximum absolute atomic E-state index is 12.2. The first-order valence-corrected chi connectivity index (χ1v) is 8.66. The molecule has 1 aliphatic heterocycles. The van der Waals surface area contributed by atoms with Gasteiger partial charge in [-0.15, -0.1) is 0 Å². The van der Waals surface area contributed by atoms with Gasteiger partial charge in [-0.05, 0) is 38.0 Å². The largest absolute Gasteiger partial charge is 0.405 e. The van der Waals surface area contributed by atoms with Crippen LogP contribution in [0.25, 0.3) is 0 Å². The molecule has 0 spiro atoms. The molecule has 132 valence electrons. The average molecular weight is 333 g/mol. The lowest BCUT2D eigenvalue weighted by atomic mass is 9.93. The fraction of sp³-hybridized carbons (Fsp3) is 0.938. The number of hydrogen-bond donors (Lipinski definition) is 1. The zero-order valence-corrected chi connectivity index (χ0v) is 13.6. The number of hydrogen-bond acceptors (Lipinski definition) is 3. The molecular formula is C16H26F3N3O. The number of alkyl halides is 3. The molecule has 0 radical (unpaired) electrons. The van der Waals surface area contributed by atoms with Crippen LogP contribution in [-0.2, 0) is 4.79 Å². The van der Waals surface area contributed by atoms with E-state index in [0.29, 0.717) is 6.04 Å². The first-order chi connectivity index (χ1) is 10.8. The van der Waals surface area contributed by atoms with Crippen molar-refractivity contribution in [1.29, 1.82) is 0 Å². The third-order valence-electron chi connectivity index (χ3n) is 5.91. The number of carbonyl (C=O) groups is 1. The van der Waals surface area contributed by atoms with Crippen LogP contribution in [-0.4, -0.2) is 66.7 Å². The van der Waals surface area contributed by atoms with Crippen LogP contribution in [0, 0.1) is 11.8 Å². The summed E-state index contributed by atoms with van der Waals surface area (Å²) in [6.45, 7) is 3.80. The van der Waals surface area contributed by atoms with E-state index >= 15 is 0 Å². The number of nitrogens with zero attached hydrogens (tertiary/aromatic N) is 2. The molecule has 0 aromatic carbocycles. The van der Waals surface area contributed by atoms with Crippen molar-refractivity contribution < 1.29 is 18.0 Å². The monoisotopic (exact) mass is 333 g/mol. The Labute approximate surface area is 135 Å². The third kappa shape index (κ3) is 3.99. The maximum atomic E-state index is 12.2. The SMILES string of the molecule is C[C@@H](C(=O)NCC(F)(F)F)N1CCN([C@H]2C[C@H]3CC[C@H]2C3)CC1. The normalized spacial score (nSPS) is 33.8. The molecule has 3 aliphatic rings. The van der Waals surface area contributed by atoms with E-state index in [1.54, 1.807) is 6.92 Å². The highest BCUT2D eigenvalue weighted by molar-refractivity contribution is 5.81. The Kier molecular flexibility index (Phi) is 4.88. The summed E-state index contributed by atoms with van der Waals surface area (Å²) in [6, 6.07) is 0.199. The van der Waals surface area contributed by atoms with E-state index in [0.717, 1.165) is 38.0 Å². The molecule has 7 heteroatoms. The number of nitrogens with one attached hydrogen (secondary N) is 1. The summed E-state index contributed by atoms with van der Waals surface area (Å²) in [5.74, 6) is 1.23. The molecule has 4 nitrogen and oxygen atoms in total. The highest BCUT2D eigenvalue weighted by atomic mass is 19.4. The van der Waals surface area contributed by atoms with Crippen LogP contribution in [0.3, 0.4) is 0 Å². The Morgan fingerprint density at radius 1 is 1.17 bits per heavy atom. The molecule has 1 N–H and O–H groups in total. The molecule has 1 amide bonds. The van der Waals surface area contributed by atoms with Crippen molar-refractivity contribution in [3.63, 3.8) is 0 Å². The second-order valence-electron chi connectivity index (χ2n) is 7.32. The van der Waals surface area contributed by atoms with E-state index in [2.05, 4.69) is 4.90 Å². The molecule has 1 heterocycles. The van der Waals surface area contributed by atoms with E-state index in [9.17, 15) is 18.0 Å². The van der Waals surface area contributed by atoms with Crippen LogP contribution >= 0.6 is 0 Å². The number of carbonyl (C=O) groups excluding carboxylic acids is 1. The lowest BCUT2D eigenvalue weighted by Gasteiger charge is -2.42. The summed E-state index contributed by atoms with van der Waals surface area (Å²) in [5.41, 5.74) is 0. The Balaban J connectivity index is 1.44. The molecule has 3 rings (SSSR count). The Bertz CT molecular complexity index is 435. The minimum atomic E-state index is -4.35. The minimum absolute atomic E-state index is 0.500. The number of halogens is 3. The van der Waals surface area contributed by atoms with E-state index in [1.807, 2.05) is 10.2 Å². The molecule has 2 bridgehead atoms. The fourth-order valence-corrected chi connectivity index (χ4v) is 4.62. The molecule has 0 aromatic rings. The predicted molar refractivity (Wildman–Crippen MR) is 80.9 cm³/mol. The molecule has 23 heavy (non-hydrogen) atoms. The van der Waals surface area contributed by atoms with Crippen molar-refractivity contribution in [2.24, 2.45) is 11.8 Å². The number of rotatable bonds is 4. The highest BCUT2D eigenvalue weighted by Gasteiger charge is 2.43. The van der Waals surface area contributed by atoms with E-state index in [1.165, 1.54) is 25.7 Å². The van der Waals surface area contributed by atoms with Gasteiger partial charge in [-0.3, -0.25) is 14.6 Å². The van der Waals surface area contributed by atoms with Crippen LogP contribution in [0.1, 0.15) is 32.6 Å². The van der Waals surface area contributed by atoms with Crippen LogP contribution in [0.5, 0.6) is 0 Å². The molecule has 4 atom stereocenters. The smallest absolute Gasteiger partial charge is 0.346 e. The van der Waals surface area contributed by atoms with Gasteiger partial charge >= 0.3 is 6.18 Å². The number of amides is 1. The van der Waals surface area contributed by atoms with E-state index < -0.39 is 24.7 Å². The lowest BCUT2D eigenvalue weighted by molar-refractivity contribution is -0.141. The van der Waals surface area contributed by atoms with Gasteiger partial charge in [0.1, 0.15) is 6.54 Å². The lowest BCUT2D eigenvalue weighted by Crippen LogP contribution is -2.56. The average Bonchev–Trinajstić information content (AvgIpc) is 3.14. The number of piperazine rings is 1. The quantitative estimate of drug-likeness (QED) is 0.853. The van der Waals surface area contributed by atoms with Crippen LogP contribution in [0.15, 0.2) is 0 Å². The molecule has 0 unspecified atom stereocenters. The molecule has 2 aliphatic carbocycles. The standard InChI is InChI=1S/C16H26F3N3O/c1-11(15(23)20-10-16(17,18)19)21-4-6-22(7-5-21)14-9-12-2-3-13(14)8-12/h11-14H,2-10H2,1H3,(H,20,23)/t11-,12-,13-,14-/m0/s1. The summed E-state index contributed by atoms with van der Waals surface area (Å²) in [7, 11) is 0. The van der Waals surface area contributed by atoms with Crippen molar-refractivity contribution >= 4 is 5.91 Å². The third-order valence-corrected chi connectivity index (χ3v) is 5.91. The zero-order valence-electron chi connectivity index (χ0n) is 13.6. The number of fused-ring (bicyclic) bond motifs is 2. The van der Waals surface area contributed by atoms with Gasteiger partial charge < -0.3 is 5.32 Å². The van der Waals surface area contributed by atoms with Gasteiger partial charge in [0, 0.05) is 32.2 Å². The summed E-state index contributed by atoms with van der Waals surface area (Å²) in [6.07, 6.45) is 1.08. The topological polar surface area (TPSA) is 35.6 Å². The van der Waals surface area contributed by atoms with Crippen molar-refractivity contribution in [3.05, 3.63) is 0 Å². The predicted octanol–water partition coefficient (Wildman–Crippen LogP) is 1.86. The summed E-state index contributed by atoms with van der Waals surface area (Å²) < 4.78 is 36.6. The van der Waals surface area contributed by atoms with Crippen LogP contribution < -0.4 is 5.32 Å². The van der Waals surface area contributed by atoms with Crippen LogP contribution in [0.2, 0.25) is 0 Å². The minimum Gasteiger partial charge on any atom is -0.346 e. The van der Waals surface area contributed by atoms with Crippen molar-refractivity contribution in [3.8, 4) is 0 Å². The Hall–Kier alpha value is -0.820.